The van der Waals surface area contributed by atoms with Crippen LogP contribution in [0.5, 0.6) is 0 Å². The van der Waals surface area contributed by atoms with Crippen molar-refractivity contribution < 1.29 is 0 Å². The number of alkyl halides is 1. The first-order valence-corrected chi connectivity index (χ1v) is 6.15. The number of halogens is 1. The van der Waals surface area contributed by atoms with Crippen LogP contribution >= 0.6 is 11.6 Å². The van der Waals surface area contributed by atoms with Gasteiger partial charge in [0, 0.05) is 11.4 Å². The smallest absolute Gasteiger partial charge is 0.0489 e. The topological polar surface area (TPSA) is 12.0 Å². The summed E-state index contributed by atoms with van der Waals surface area (Å²) in [5, 5.41) is 3.95. The lowest BCUT2D eigenvalue weighted by Gasteiger charge is -2.20. The van der Waals surface area contributed by atoms with Crippen LogP contribution in [0.4, 0.5) is 0 Å². The molecule has 2 unspecified atom stereocenters. The molecule has 0 aromatic heterocycles. The van der Waals surface area contributed by atoms with Crippen molar-refractivity contribution in [3.05, 3.63) is 0 Å². The fraction of sp³-hybridized carbons (Fsp3) is 1.00. The molecule has 1 rings (SSSR count). The fourth-order valence-electron chi connectivity index (χ4n) is 1.96. The van der Waals surface area contributed by atoms with Crippen LogP contribution in [0.2, 0.25) is 0 Å². The molecule has 0 bridgehead atoms. The summed E-state index contributed by atoms with van der Waals surface area (Å²) in [6.45, 7) is 3.37. The first-order chi connectivity index (χ1) is 6.34. The molecule has 1 N–H and O–H groups in total. The Labute approximate surface area is 87.2 Å². The molecule has 0 aromatic rings. The van der Waals surface area contributed by atoms with E-state index < -0.39 is 0 Å². The van der Waals surface area contributed by atoms with Crippen LogP contribution in [0.15, 0.2) is 0 Å². The van der Waals surface area contributed by atoms with E-state index in [4.69, 9.17) is 11.6 Å². The van der Waals surface area contributed by atoms with E-state index in [9.17, 15) is 0 Å². The summed E-state index contributed by atoms with van der Waals surface area (Å²) in [5.41, 5.74) is 0. The number of unbranched alkanes of at least 4 members (excludes halogenated alkanes) is 1. The molecule has 0 saturated heterocycles. The Morgan fingerprint density at radius 2 is 2.00 bits per heavy atom. The van der Waals surface area contributed by atoms with Gasteiger partial charge < -0.3 is 5.32 Å². The molecule has 1 fully saturated rings. The van der Waals surface area contributed by atoms with Gasteiger partial charge >= 0.3 is 0 Å². The minimum absolute atomic E-state index is 0.374. The highest BCUT2D eigenvalue weighted by Crippen LogP contribution is 2.22. The molecule has 0 aliphatic heterocycles. The van der Waals surface area contributed by atoms with Gasteiger partial charge in [0.2, 0.25) is 0 Å². The first-order valence-electron chi connectivity index (χ1n) is 5.72. The van der Waals surface area contributed by atoms with Gasteiger partial charge in [0.25, 0.3) is 0 Å². The van der Waals surface area contributed by atoms with E-state index in [1.54, 1.807) is 0 Å². The monoisotopic (exact) mass is 203 g/mol. The second-order valence-corrected chi connectivity index (χ2v) is 4.63. The van der Waals surface area contributed by atoms with Crippen LogP contribution in [-0.4, -0.2) is 18.0 Å². The second kappa shape index (κ2) is 6.67. The maximum Gasteiger partial charge on any atom is 0.0489 e. The highest BCUT2D eigenvalue weighted by molar-refractivity contribution is 6.21. The Hall–Kier alpha value is 0.250. The number of rotatable bonds is 4. The summed E-state index contributed by atoms with van der Waals surface area (Å²) >= 11 is 6.30. The number of hydrogen-bond acceptors (Lipinski definition) is 1. The molecular weight excluding hydrogens is 182 g/mol. The van der Waals surface area contributed by atoms with Gasteiger partial charge in [0.1, 0.15) is 0 Å². The van der Waals surface area contributed by atoms with Gasteiger partial charge in [-0.05, 0) is 25.8 Å². The lowest BCUT2D eigenvalue weighted by molar-refractivity contribution is 0.459. The van der Waals surface area contributed by atoms with Crippen molar-refractivity contribution in [1.29, 1.82) is 0 Å². The van der Waals surface area contributed by atoms with E-state index in [0.717, 1.165) is 6.54 Å². The Kier molecular flexibility index (Phi) is 5.81. The molecule has 1 nitrogen and oxygen atoms in total. The van der Waals surface area contributed by atoms with Crippen LogP contribution in [0.1, 0.15) is 51.9 Å². The van der Waals surface area contributed by atoms with Crippen LogP contribution in [0.25, 0.3) is 0 Å². The summed E-state index contributed by atoms with van der Waals surface area (Å²) in [6.07, 6.45) is 9.07. The van der Waals surface area contributed by atoms with Gasteiger partial charge in [-0.2, -0.15) is 0 Å². The predicted molar refractivity (Wildman–Crippen MR) is 59.4 cm³/mol. The summed E-state index contributed by atoms with van der Waals surface area (Å²) < 4.78 is 0. The van der Waals surface area contributed by atoms with Gasteiger partial charge in [-0.3, -0.25) is 0 Å². The minimum Gasteiger partial charge on any atom is -0.313 e. The molecular formula is C11H22ClN. The molecule has 0 amide bonds. The van der Waals surface area contributed by atoms with E-state index >= 15 is 0 Å². The summed E-state index contributed by atoms with van der Waals surface area (Å²) in [5.74, 6) is 0. The Morgan fingerprint density at radius 3 is 2.77 bits per heavy atom. The number of hydrogen-bond donors (Lipinski definition) is 1. The molecule has 2 atom stereocenters. The zero-order valence-electron chi connectivity index (χ0n) is 8.69. The molecule has 78 valence electrons. The largest absolute Gasteiger partial charge is 0.313 e. The molecule has 1 aliphatic rings. The van der Waals surface area contributed by atoms with Crippen molar-refractivity contribution in [1.82, 2.24) is 5.32 Å². The van der Waals surface area contributed by atoms with Crippen LogP contribution in [-0.2, 0) is 0 Å². The van der Waals surface area contributed by atoms with E-state index in [0.29, 0.717) is 11.4 Å². The third-order valence-electron chi connectivity index (χ3n) is 2.87. The Balaban J connectivity index is 2.19. The molecule has 0 aromatic carbocycles. The zero-order valence-corrected chi connectivity index (χ0v) is 9.45. The Morgan fingerprint density at radius 1 is 1.23 bits per heavy atom. The van der Waals surface area contributed by atoms with E-state index in [1.165, 1.54) is 44.9 Å². The van der Waals surface area contributed by atoms with Gasteiger partial charge in [-0.1, -0.05) is 32.6 Å². The van der Waals surface area contributed by atoms with Crippen LogP contribution < -0.4 is 5.32 Å². The van der Waals surface area contributed by atoms with E-state index in [-0.39, 0.29) is 0 Å². The lowest BCUT2D eigenvalue weighted by atomic mass is 10.1. The number of nitrogens with one attached hydrogen (secondary N) is 1. The fourth-order valence-corrected chi connectivity index (χ4v) is 2.33. The van der Waals surface area contributed by atoms with Gasteiger partial charge in [0.05, 0.1) is 0 Å². The maximum absolute atomic E-state index is 6.30. The van der Waals surface area contributed by atoms with Crippen LogP contribution in [0, 0.1) is 0 Å². The van der Waals surface area contributed by atoms with Crippen LogP contribution in [0.3, 0.4) is 0 Å². The molecule has 1 saturated carbocycles. The summed E-state index contributed by atoms with van der Waals surface area (Å²) in [6, 6.07) is 0.579. The highest BCUT2D eigenvalue weighted by atomic mass is 35.5. The average molecular weight is 204 g/mol. The third kappa shape index (κ3) is 4.33. The SMILES string of the molecule is CCCCNC1CCCCCC1Cl. The summed E-state index contributed by atoms with van der Waals surface area (Å²) in [4.78, 5) is 0. The van der Waals surface area contributed by atoms with Crippen molar-refractivity contribution >= 4 is 11.6 Å². The minimum atomic E-state index is 0.374. The average Bonchev–Trinajstić information content (AvgIpc) is 2.32. The lowest BCUT2D eigenvalue weighted by Crippen LogP contribution is -2.36. The highest BCUT2D eigenvalue weighted by Gasteiger charge is 2.20. The van der Waals surface area contributed by atoms with Crippen molar-refractivity contribution in [2.75, 3.05) is 6.54 Å². The van der Waals surface area contributed by atoms with Crippen molar-refractivity contribution in [2.45, 2.75) is 63.3 Å². The van der Waals surface area contributed by atoms with Gasteiger partial charge in [-0.15, -0.1) is 11.6 Å². The zero-order chi connectivity index (χ0) is 9.52. The molecule has 0 radical (unpaired) electrons. The normalized spacial score (nSPS) is 30.0. The molecule has 13 heavy (non-hydrogen) atoms. The van der Waals surface area contributed by atoms with Crippen molar-refractivity contribution in [2.24, 2.45) is 0 Å². The van der Waals surface area contributed by atoms with E-state index in [1.807, 2.05) is 0 Å². The standard InChI is InChI=1S/C11H22ClN/c1-2-3-9-13-11-8-6-4-5-7-10(11)12/h10-11,13H,2-9H2,1H3. The summed E-state index contributed by atoms with van der Waals surface area (Å²) in [7, 11) is 0. The first kappa shape index (κ1) is 11.3. The molecule has 1 aliphatic carbocycles. The third-order valence-corrected chi connectivity index (χ3v) is 3.39. The van der Waals surface area contributed by atoms with E-state index in [2.05, 4.69) is 12.2 Å². The van der Waals surface area contributed by atoms with Crippen molar-refractivity contribution in [3.8, 4) is 0 Å². The maximum atomic E-state index is 6.30. The van der Waals surface area contributed by atoms with Gasteiger partial charge in [0.15, 0.2) is 0 Å². The van der Waals surface area contributed by atoms with Gasteiger partial charge in [-0.25, -0.2) is 0 Å². The molecule has 0 spiro atoms. The molecule has 0 heterocycles. The predicted octanol–water partition coefficient (Wildman–Crippen LogP) is 3.32. The quantitative estimate of drug-likeness (QED) is 0.420. The molecule has 2 heteroatoms. The second-order valence-electron chi connectivity index (χ2n) is 4.07. The van der Waals surface area contributed by atoms with Crippen molar-refractivity contribution in [3.63, 3.8) is 0 Å². The Bertz CT molecular complexity index is 127.